The summed E-state index contributed by atoms with van der Waals surface area (Å²) in [7, 11) is 0. The van der Waals surface area contributed by atoms with Crippen molar-refractivity contribution in [2.75, 3.05) is 6.54 Å². The van der Waals surface area contributed by atoms with Crippen LogP contribution >= 0.6 is 0 Å². The molecule has 1 atom stereocenters. The number of cyclic esters (lactones) is 1. The molecular formula is C9H10N2O2. The van der Waals surface area contributed by atoms with Crippen LogP contribution in [0.3, 0.4) is 0 Å². The highest BCUT2D eigenvalue weighted by atomic mass is 16.6. The van der Waals surface area contributed by atoms with Crippen LogP contribution in [-0.4, -0.2) is 17.6 Å². The first-order chi connectivity index (χ1) is 6.25. The summed E-state index contributed by atoms with van der Waals surface area (Å²) in [6.45, 7) is 2.45. The second kappa shape index (κ2) is 3.05. The minimum atomic E-state index is -0.348. The first-order valence-electron chi connectivity index (χ1n) is 4.13. The average Bonchev–Trinajstić information content (AvgIpc) is 2.52. The van der Waals surface area contributed by atoms with Crippen LogP contribution in [0, 0.1) is 6.92 Å². The van der Waals surface area contributed by atoms with Gasteiger partial charge in [0.25, 0.3) is 0 Å². The molecule has 1 aromatic rings. The standard InChI is InChI=1S/C9H10N2O2/c1-6-4-7(2-3-10-6)8-5-11-9(12)13-8/h2-4,8H,5H2,1H3,(H,11,12). The fraction of sp³-hybridized carbons (Fsp3) is 0.333. The molecule has 1 aliphatic heterocycles. The predicted octanol–water partition coefficient (Wildman–Crippen LogP) is 1.17. The Labute approximate surface area is 75.9 Å². The lowest BCUT2D eigenvalue weighted by Gasteiger charge is -2.07. The van der Waals surface area contributed by atoms with Crippen LogP contribution < -0.4 is 5.32 Å². The van der Waals surface area contributed by atoms with Crippen molar-refractivity contribution in [3.05, 3.63) is 29.6 Å². The van der Waals surface area contributed by atoms with Crippen molar-refractivity contribution in [3.8, 4) is 0 Å². The van der Waals surface area contributed by atoms with E-state index < -0.39 is 0 Å². The molecule has 1 aliphatic rings. The van der Waals surface area contributed by atoms with Crippen LogP contribution in [0.4, 0.5) is 4.79 Å². The molecule has 0 aromatic carbocycles. The Kier molecular flexibility index (Phi) is 1.88. The second-order valence-corrected chi connectivity index (χ2v) is 3.01. The third-order valence-electron chi connectivity index (χ3n) is 1.97. The van der Waals surface area contributed by atoms with Gasteiger partial charge >= 0.3 is 6.09 Å². The summed E-state index contributed by atoms with van der Waals surface area (Å²) in [6, 6.07) is 3.78. The Morgan fingerprint density at radius 1 is 1.69 bits per heavy atom. The lowest BCUT2D eigenvalue weighted by Crippen LogP contribution is -2.12. The number of nitrogens with zero attached hydrogens (tertiary/aromatic N) is 1. The SMILES string of the molecule is Cc1cc(C2CNC(=O)O2)ccn1. The number of carbonyl (C=O) groups excluding carboxylic acids is 1. The smallest absolute Gasteiger partial charge is 0.407 e. The molecule has 2 rings (SSSR count). The maximum absolute atomic E-state index is 10.8. The van der Waals surface area contributed by atoms with E-state index in [1.165, 1.54) is 0 Å². The molecule has 4 heteroatoms. The maximum Gasteiger partial charge on any atom is 0.407 e. The third-order valence-corrected chi connectivity index (χ3v) is 1.97. The van der Waals surface area contributed by atoms with Crippen molar-refractivity contribution in [3.63, 3.8) is 0 Å². The van der Waals surface area contributed by atoms with E-state index in [2.05, 4.69) is 10.3 Å². The average molecular weight is 178 g/mol. The van der Waals surface area contributed by atoms with Crippen LogP contribution in [0.1, 0.15) is 17.4 Å². The summed E-state index contributed by atoms with van der Waals surface area (Å²) in [5, 5.41) is 2.61. The monoisotopic (exact) mass is 178 g/mol. The summed E-state index contributed by atoms with van der Waals surface area (Å²) in [5.74, 6) is 0. The molecule has 4 nitrogen and oxygen atoms in total. The zero-order valence-electron chi connectivity index (χ0n) is 7.28. The van der Waals surface area contributed by atoms with Gasteiger partial charge in [-0.05, 0) is 24.6 Å². The fourth-order valence-electron chi connectivity index (χ4n) is 1.34. The molecule has 1 saturated heterocycles. The lowest BCUT2D eigenvalue weighted by molar-refractivity contribution is 0.141. The number of alkyl carbamates (subject to hydrolysis) is 1. The van der Waals surface area contributed by atoms with E-state index in [1.807, 2.05) is 19.1 Å². The maximum atomic E-state index is 10.8. The van der Waals surface area contributed by atoms with Gasteiger partial charge in [0.2, 0.25) is 0 Å². The van der Waals surface area contributed by atoms with E-state index in [9.17, 15) is 4.79 Å². The van der Waals surface area contributed by atoms with Gasteiger partial charge in [-0.25, -0.2) is 4.79 Å². The highest BCUT2D eigenvalue weighted by molar-refractivity contribution is 5.69. The number of hydrogen-bond acceptors (Lipinski definition) is 3. The molecule has 1 aromatic heterocycles. The predicted molar refractivity (Wildman–Crippen MR) is 46.2 cm³/mol. The van der Waals surface area contributed by atoms with Crippen LogP contribution in [0.25, 0.3) is 0 Å². The largest absolute Gasteiger partial charge is 0.439 e. The quantitative estimate of drug-likeness (QED) is 0.702. The number of amides is 1. The van der Waals surface area contributed by atoms with Crippen molar-refractivity contribution in [2.24, 2.45) is 0 Å². The van der Waals surface area contributed by atoms with Gasteiger partial charge in [0.15, 0.2) is 0 Å². The van der Waals surface area contributed by atoms with Gasteiger partial charge < -0.3 is 10.1 Å². The van der Waals surface area contributed by atoms with Crippen molar-refractivity contribution < 1.29 is 9.53 Å². The van der Waals surface area contributed by atoms with Crippen LogP contribution in [0.5, 0.6) is 0 Å². The summed E-state index contributed by atoms with van der Waals surface area (Å²) in [4.78, 5) is 14.8. The van der Waals surface area contributed by atoms with E-state index in [0.29, 0.717) is 6.54 Å². The highest BCUT2D eigenvalue weighted by Gasteiger charge is 2.23. The van der Waals surface area contributed by atoms with Crippen LogP contribution in [0.2, 0.25) is 0 Å². The van der Waals surface area contributed by atoms with E-state index >= 15 is 0 Å². The molecule has 0 bridgehead atoms. The fourth-order valence-corrected chi connectivity index (χ4v) is 1.34. The number of aromatic nitrogens is 1. The van der Waals surface area contributed by atoms with Crippen molar-refractivity contribution in [1.82, 2.24) is 10.3 Å². The van der Waals surface area contributed by atoms with Crippen molar-refractivity contribution in [2.45, 2.75) is 13.0 Å². The number of ether oxygens (including phenoxy) is 1. The normalized spacial score (nSPS) is 21.0. The Hall–Kier alpha value is -1.58. The summed E-state index contributed by atoms with van der Waals surface area (Å²) in [6.07, 6.45) is 1.21. The number of nitrogens with one attached hydrogen (secondary N) is 1. The van der Waals surface area contributed by atoms with Gasteiger partial charge in [0, 0.05) is 11.9 Å². The van der Waals surface area contributed by atoms with E-state index in [1.54, 1.807) is 6.20 Å². The van der Waals surface area contributed by atoms with E-state index in [-0.39, 0.29) is 12.2 Å². The molecule has 2 heterocycles. The molecule has 0 radical (unpaired) electrons. The zero-order valence-corrected chi connectivity index (χ0v) is 7.28. The number of hydrogen-bond donors (Lipinski definition) is 1. The van der Waals surface area contributed by atoms with Crippen LogP contribution in [0.15, 0.2) is 18.3 Å². The summed E-state index contributed by atoms with van der Waals surface area (Å²) >= 11 is 0. The number of aryl methyl sites for hydroxylation is 1. The molecule has 13 heavy (non-hydrogen) atoms. The topological polar surface area (TPSA) is 51.2 Å². The molecular weight excluding hydrogens is 168 g/mol. The van der Waals surface area contributed by atoms with Gasteiger partial charge in [-0.2, -0.15) is 0 Å². The molecule has 0 aliphatic carbocycles. The molecule has 1 N–H and O–H groups in total. The van der Waals surface area contributed by atoms with Gasteiger partial charge in [0.05, 0.1) is 6.54 Å². The highest BCUT2D eigenvalue weighted by Crippen LogP contribution is 2.20. The summed E-state index contributed by atoms with van der Waals surface area (Å²) < 4.78 is 5.02. The first-order valence-corrected chi connectivity index (χ1v) is 4.13. The number of pyridine rings is 1. The van der Waals surface area contributed by atoms with E-state index in [4.69, 9.17) is 4.74 Å². The zero-order chi connectivity index (χ0) is 9.26. The Bertz CT molecular complexity index is 338. The number of rotatable bonds is 1. The van der Waals surface area contributed by atoms with Gasteiger partial charge in [-0.15, -0.1) is 0 Å². The molecule has 0 saturated carbocycles. The molecule has 1 amide bonds. The molecule has 1 fully saturated rings. The Morgan fingerprint density at radius 2 is 2.54 bits per heavy atom. The Balaban J connectivity index is 2.21. The van der Waals surface area contributed by atoms with Crippen molar-refractivity contribution in [1.29, 1.82) is 0 Å². The number of carbonyl (C=O) groups is 1. The first kappa shape index (κ1) is 8.04. The van der Waals surface area contributed by atoms with Gasteiger partial charge in [0.1, 0.15) is 6.10 Å². The van der Waals surface area contributed by atoms with Crippen molar-refractivity contribution >= 4 is 6.09 Å². The van der Waals surface area contributed by atoms with E-state index in [0.717, 1.165) is 11.3 Å². The third kappa shape index (κ3) is 1.61. The summed E-state index contributed by atoms with van der Waals surface area (Å²) in [5.41, 5.74) is 1.92. The van der Waals surface area contributed by atoms with Crippen LogP contribution in [-0.2, 0) is 4.74 Å². The molecule has 68 valence electrons. The lowest BCUT2D eigenvalue weighted by atomic mass is 10.1. The molecule has 0 spiro atoms. The Morgan fingerprint density at radius 3 is 3.15 bits per heavy atom. The van der Waals surface area contributed by atoms with Gasteiger partial charge in [-0.3, -0.25) is 4.98 Å². The minimum Gasteiger partial charge on any atom is -0.439 e. The van der Waals surface area contributed by atoms with Gasteiger partial charge in [-0.1, -0.05) is 0 Å². The second-order valence-electron chi connectivity index (χ2n) is 3.01. The minimum absolute atomic E-state index is 0.158. The molecule has 1 unspecified atom stereocenters.